The minimum atomic E-state index is 0.129. The Labute approximate surface area is 191 Å². The van der Waals surface area contributed by atoms with E-state index in [9.17, 15) is 0 Å². The first kappa shape index (κ1) is 19.6. The van der Waals surface area contributed by atoms with Crippen LogP contribution in [0.1, 0.15) is 29.2 Å². The molecule has 0 saturated heterocycles. The van der Waals surface area contributed by atoms with Crippen molar-refractivity contribution in [3.05, 3.63) is 124 Å². The number of para-hydroxylation sites is 2. The van der Waals surface area contributed by atoms with Crippen molar-refractivity contribution < 1.29 is 0 Å². The Balaban J connectivity index is 1.28. The Bertz CT molecular complexity index is 1530. The maximum atomic E-state index is 5.02. The van der Waals surface area contributed by atoms with Gasteiger partial charge in [0.15, 0.2) is 0 Å². The van der Waals surface area contributed by atoms with Gasteiger partial charge in [-0.05, 0) is 65.9 Å². The van der Waals surface area contributed by atoms with Gasteiger partial charge in [-0.3, -0.25) is 9.98 Å². The molecule has 2 heterocycles. The summed E-state index contributed by atoms with van der Waals surface area (Å²) in [5.74, 6) is 0. The van der Waals surface area contributed by atoms with Crippen LogP contribution in [0, 0.1) is 0 Å². The van der Waals surface area contributed by atoms with Crippen LogP contribution in [0.15, 0.2) is 107 Å². The number of aromatic nitrogens is 3. The fourth-order valence-electron chi connectivity index (χ4n) is 4.40. The van der Waals surface area contributed by atoms with Crippen molar-refractivity contribution in [1.82, 2.24) is 15.0 Å². The van der Waals surface area contributed by atoms with E-state index in [-0.39, 0.29) is 6.04 Å². The number of nitrogens with zero attached hydrogens (tertiary/aromatic N) is 5. The Morgan fingerprint density at radius 3 is 2.21 bits per heavy atom. The fourth-order valence-corrected chi connectivity index (χ4v) is 4.40. The highest BCUT2D eigenvalue weighted by atomic mass is 15.5. The first-order valence-corrected chi connectivity index (χ1v) is 11.3. The van der Waals surface area contributed by atoms with Crippen molar-refractivity contribution in [2.75, 3.05) is 6.54 Å². The largest absolute Gasteiger partial charge is 0.283 e. The smallest absolute Gasteiger partial charge is 0.113 e. The van der Waals surface area contributed by atoms with Gasteiger partial charge in [0.2, 0.25) is 0 Å². The molecule has 0 fully saturated rings. The number of benzene rings is 4. The Morgan fingerprint density at radius 1 is 0.697 bits per heavy atom. The molecule has 5 aromatic rings. The van der Waals surface area contributed by atoms with Crippen LogP contribution >= 0.6 is 0 Å². The Morgan fingerprint density at radius 2 is 1.39 bits per heavy atom. The summed E-state index contributed by atoms with van der Waals surface area (Å²) in [5.41, 5.74) is 6.51. The number of hydrogen-bond acceptors (Lipinski definition) is 4. The first-order chi connectivity index (χ1) is 16.3. The lowest BCUT2D eigenvalue weighted by atomic mass is 9.98. The third kappa shape index (κ3) is 4.05. The van der Waals surface area contributed by atoms with E-state index in [1.54, 1.807) is 4.80 Å². The maximum Gasteiger partial charge on any atom is 0.113 e. The molecule has 1 aromatic heterocycles. The van der Waals surface area contributed by atoms with Crippen LogP contribution in [0.3, 0.4) is 0 Å². The zero-order valence-electron chi connectivity index (χ0n) is 18.2. The van der Waals surface area contributed by atoms with Gasteiger partial charge >= 0.3 is 0 Å². The number of hydrogen-bond donors (Lipinski definition) is 0. The summed E-state index contributed by atoms with van der Waals surface area (Å²) in [5, 5.41) is 11.2. The summed E-state index contributed by atoms with van der Waals surface area (Å²) in [6.07, 6.45) is 1.77. The molecule has 1 atom stereocenters. The molecule has 1 aliphatic heterocycles. The monoisotopic (exact) mass is 429 g/mol. The van der Waals surface area contributed by atoms with E-state index in [4.69, 9.17) is 9.98 Å². The van der Waals surface area contributed by atoms with Crippen molar-refractivity contribution >= 4 is 11.0 Å². The van der Waals surface area contributed by atoms with Crippen molar-refractivity contribution in [1.29, 1.82) is 0 Å². The molecule has 0 unspecified atom stereocenters. The van der Waals surface area contributed by atoms with Crippen LogP contribution < -0.4 is 10.7 Å². The van der Waals surface area contributed by atoms with Crippen molar-refractivity contribution in [3.8, 4) is 5.69 Å². The van der Waals surface area contributed by atoms with Gasteiger partial charge in [0.1, 0.15) is 11.0 Å². The predicted molar refractivity (Wildman–Crippen MR) is 129 cm³/mol. The molecule has 0 radical (unpaired) electrons. The molecule has 0 spiro atoms. The SMILES string of the molecule is c1cc(Cc2cccc(-n3nc4ccccc4n3)c2)cc([C@@H]2CCN=c3ccccc3=N2)c1. The molecule has 5 nitrogen and oxygen atoms in total. The molecular formula is C28H23N5. The summed E-state index contributed by atoms with van der Waals surface area (Å²) in [6, 6.07) is 33.4. The second-order valence-corrected chi connectivity index (χ2v) is 8.37. The topological polar surface area (TPSA) is 55.4 Å². The molecule has 4 aromatic carbocycles. The average molecular weight is 430 g/mol. The lowest BCUT2D eigenvalue weighted by Gasteiger charge is -2.12. The molecule has 5 heteroatoms. The molecule has 1 aliphatic rings. The number of rotatable bonds is 4. The van der Waals surface area contributed by atoms with E-state index < -0.39 is 0 Å². The lowest BCUT2D eigenvalue weighted by Crippen LogP contribution is -2.24. The highest BCUT2D eigenvalue weighted by Gasteiger charge is 2.13. The van der Waals surface area contributed by atoms with Crippen LogP contribution in [0.2, 0.25) is 0 Å². The molecule has 0 amide bonds. The van der Waals surface area contributed by atoms with Crippen LogP contribution in [0.25, 0.3) is 16.7 Å². The molecular weight excluding hydrogens is 406 g/mol. The third-order valence-corrected chi connectivity index (χ3v) is 6.03. The van der Waals surface area contributed by atoms with Gasteiger partial charge in [0.25, 0.3) is 0 Å². The summed E-state index contributed by atoms with van der Waals surface area (Å²) in [7, 11) is 0. The van der Waals surface area contributed by atoms with Gasteiger partial charge in [-0.15, -0.1) is 10.2 Å². The summed E-state index contributed by atoms with van der Waals surface area (Å²) in [4.78, 5) is 11.4. The van der Waals surface area contributed by atoms with Gasteiger partial charge in [0.05, 0.1) is 22.4 Å². The van der Waals surface area contributed by atoms with Crippen molar-refractivity contribution in [2.24, 2.45) is 9.98 Å². The van der Waals surface area contributed by atoms with Gasteiger partial charge < -0.3 is 0 Å². The van der Waals surface area contributed by atoms with Crippen LogP contribution in [0.4, 0.5) is 0 Å². The van der Waals surface area contributed by atoms with Gasteiger partial charge in [-0.1, -0.05) is 60.7 Å². The van der Waals surface area contributed by atoms with Gasteiger partial charge in [-0.25, -0.2) is 0 Å². The summed E-state index contributed by atoms with van der Waals surface area (Å²) >= 11 is 0. The van der Waals surface area contributed by atoms with E-state index in [0.717, 1.165) is 46.8 Å². The molecule has 0 N–H and O–H groups in total. The molecule has 6 rings (SSSR count). The van der Waals surface area contributed by atoms with Gasteiger partial charge in [-0.2, -0.15) is 4.80 Å². The third-order valence-electron chi connectivity index (χ3n) is 6.03. The van der Waals surface area contributed by atoms with Gasteiger partial charge in [0, 0.05) is 6.54 Å². The van der Waals surface area contributed by atoms with Crippen molar-refractivity contribution in [2.45, 2.75) is 18.9 Å². The Hall–Kier alpha value is -4.12. The summed E-state index contributed by atoms with van der Waals surface area (Å²) in [6.45, 7) is 0.794. The molecule has 0 aliphatic carbocycles. The summed E-state index contributed by atoms with van der Waals surface area (Å²) < 4.78 is 0. The molecule has 160 valence electrons. The minimum Gasteiger partial charge on any atom is -0.283 e. The highest BCUT2D eigenvalue weighted by Crippen LogP contribution is 2.24. The Kier molecular flexibility index (Phi) is 5.00. The van der Waals surface area contributed by atoms with Crippen molar-refractivity contribution in [3.63, 3.8) is 0 Å². The zero-order valence-corrected chi connectivity index (χ0v) is 18.2. The normalized spacial score (nSPS) is 15.3. The quantitative estimate of drug-likeness (QED) is 0.425. The maximum absolute atomic E-state index is 5.02. The lowest BCUT2D eigenvalue weighted by molar-refractivity contribution is 0.658. The fraction of sp³-hybridized carbons (Fsp3) is 0.143. The zero-order chi connectivity index (χ0) is 22.0. The van der Waals surface area contributed by atoms with E-state index in [1.807, 2.05) is 48.5 Å². The predicted octanol–water partition coefficient (Wildman–Crippen LogP) is 4.40. The minimum absolute atomic E-state index is 0.129. The average Bonchev–Trinajstić information content (AvgIpc) is 3.17. The van der Waals surface area contributed by atoms with E-state index >= 15 is 0 Å². The van der Waals surface area contributed by atoms with Crippen LogP contribution in [-0.4, -0.2) is 21.5 Å². The molecule has 0 bridgehead atoms. The van der Waals surface area contributed by atoms with E-state index in [2.05, 4.69) is 58.7 Å². The first-order valence-electron chi connectivity index (χ1n) is 11.3. The second-order valence-electron chi connectivity index (χ2n) is 8.37. The second kappa shape index (κ2) is 8.43. The number of fused-ring (bicyclic) bond motifs is 2. The standard InChI is InChI=1S/C28H23N5/c1-2-12-26-25(11-1)29-16-15-24(30-26)22-9-5-7-20(18-22)17-21-8-6-10-23(19-21)33-31-27-13-3-4-14-28(27)32-33/h1-14,18-19,24H,15-17H2/t24-/m0/s1. The van der Waals surface area contributed by atoms with Crippen LogP contribution in [0.5, 0.6) is 0 Å². The molecule has 0 saturated carbocycles. The van der Waals surface area contributed by atoms with Crippen LogP contribution in [-0.2, 0) is 6.42 Å². The van der Waals surface area contributed by atoms with E-state index in [0.29, 0.717) is 0 Å². The van der Waals surface area contributed by atoms with E-state index in [1.165, 1.54) is 16.7 Å². The molecule has 33 heavy (non-hydrogen) atoms. The highest BCUT2D eigenvalue weighted by molar-refractivity contribution is 5.73.